The number of rotatable bonds is 7. The van der Waals surface area contributed by atoms with Crippen LogP contribution in [0.4, 0.5) is 5.82 Å². The van der Waals surface area contributed by atoms with Crippen molar-refractivity contribution in [1.82, 2.24) is 10.3 Å². The topological polar surface area (TPSA) is 48.4 Å². The SMILES string of the molecule is CCN(C)c1ccc(CNC[C@@H](O)c2ccc3ccccc3c2)cn1. The van der Waals surface area contributed by atoms with E-state index in [0.717, 1.165) is 28.9 Å². The van der Waals surface area contributed by atoms with Crippen LogP contribution in [-0.2, 0) is 6.54 Å². The van der Waals surface area contributed by atoms with Gasteiger partial charge in [-0.05, 0) is 41.0 Å². The first-order valence-electron chi connectivity index (χ1n) is 8.71. The molecule has 0 unspecified atom stereocenters. The Morgan fingerprint density at radius 1 is 1.08 bits per heavy atom. The molecule has 0 aliphatic heterocycles. The van der Waals surface area contributed by atoms with Crippen molar-refractivity contribution in [3.05, 3.63) is 71.9 Å². The van der Waals surface area contributed by atoms with E-state index in [1.807, 2.05) is 37.5 Å². The van der Waals surface area contributed by atoms with Crippen LogP contribution in [0.5, 0.6) is 0 Å². The number of nitrogens with zero attached hydrogens (tertiary/aromatic N) is 2. The summed E-state index contributed by atoms with van der Waals surface area (Å²) in [6.45, 7) is 4.23. The van der Waals surface area contributed by atoms with Crippen molar-refractivity contribution in [3.63, 3.8) is 0 Å². The zero-order valence-corrected chi connectivity index (χ0v) is 14.8. The summed E-state index contributed by atoms with van der Waals surface area (Å²) in [5.74, 6) is 0.974. The molecule has 0 radical (unpaired) electrons. The maximum atomic E-state index is 10.4. The third-order valence-electron chi connectivity index (χ3n) is 4.50. The summed E-state index contributed by atoms with van der Waals surface area (Å²) >= 11 is 0. The molecule has 4 heteroatoms. The largest absolute Gasteiger partial charge is 0.387 e. The van der Waals surface area contributed by atoms with Crippen LogP contribution in [0.1, 0.15) is 24.2 Å². The number of aliphatic hydroxyl groups excluding tert-OH is 1. The normalized spacial score (nSPS) is 12.3. The minimum Gasteiger partial charge on any atom is -0.387 e. The lowest BCUT2D eigenvalue weighted by Gasteiger charge is -2.16. The van der Waals surface area contributed by atoms with Gasteiger partial charge in [0.25, 0.3) is 0 Å². The lowest BCUT2D eigenvalue weighted by Crippen LogP contribution is -2.21. The van der Waals surface area contributed by atoms with Gasteiger partial charge in [0, 0.05) is 32.9 Å². The first-order chi connectivity index (χ1) is 12.2. The molecule has 25 heavy (non-hydrogen) atoms. The van der Waals surface area contributed by atoms with Crippen molar-refractivity contribution in [3.8, 4) is 0 Å². The fraction of sp³-hybridized carbons (Fsp3) is 0.286. The maximum absolute atomic E-state index is 10.4. The van der Waals surface area contributed by atoms with E-state index in [1.165, 1.54) is 5.39 Å². The molecule has 1 atom stereocenters. The average Bonchev–Trinajstić information content (AvgIpc) is 2.67. The quantitative estimate of drug-likeness (QED) is 0.694. The van der Waals surface area contributed by atoms with Crippen molar-refractivity contribution >= 4 is 16.6 Å². The van der Waals surface area contributed by atoms with Gasteiger partial charge in [-0.25, -0.2) is 4.98 Å². The number of anilines is 1. The van der Waals surface area contributed by atoms with Crippen LogP contribution in [0.3, 0.4) is 0 Å². The molecule has 2 N–H and O–H groups in total. The molecule has 2 aromatic carbocycles. The summed E-state index contributed by atoms with van der Waals surface area (Å²) in [4.78, 5) is 6.56. The monoisotopic (exact) mass is 335 g/mol. The molecule has 3 rings (SSSR count). The van der Waals surface area contributed by atoms with Crippen molar-refractivity contribution in [2.75, 3.05) is 25.0 Å². The Labute approximate surface area is 149 Å². The van der Waals surface area contributed by atoms with Crippen LogP contribution in [0.25, 0.3) is 10.8 Å². The van der Waals surface area contributed by atoms with Crippen LogP contribution in [0.2, 0.25) is 0 Å². The lowest BCUT2D eigenvalue weighted by atomic mass is 10.0. The molecule has 0 bridgehead atoms. The van der Waals surface area contributed by atoms with Crippen LogP contribution in [-0.4, -0.2) is 30.2 Å². The third kappa shape index (κ3) is 4.35. The molecular formula is C21H25N3O. The average molecular weight is 335 g/mol. The molecule has 0 saturated heterocycles. The van der Waals surface area contributed by atoms with Crippen LogP contribution >= 0.6 is 0 Å². The molecule has 3 aromatic rings. The Kier molecular flexibility index (Phi) is 5.64. The van der Waals surface area contributed by atoms with E-state index in [-0.39, 0.29) is 0 Å². The van der Waals surface area contributed by atoms with Crippen LogP contribution in [0, 0.1) is 0 Å². The van der Waals surface area contributed by atoms with Gasteiger partial charge in [-0.3, -0.25) is 0 Å². The summed E-state index contributed by atoms with van der Waals surface area (Å²) in [7, 11) is 2.03. The third-order valence-corrected chi connectivity index (χ3v) is 4.50. The lowest BCUT2D eigenvalue weighted by molar-refractivity contribution is 0.174. The number of hydrogen-bond donors (Lipinski definition) is 2. The highest BCUT2D eigenvalue weighted by atomic mass is 16.3. The Morgan fingerprint density at radius 2 is 1.88 bits per heavy atom. The first-order valence-corrected chi connectivity index (χ1v) is 8.71. The number of benzene rings is 2. The van der Waals surface area contributed by atoms with Crippen molar-refractivity contribution < 1.29 is 5.11 Å². The summed E-state index contributed by atoms with van der Waals surface area (Å²) in [5, 5.41) is 16.1. The molecule has 0 fully saturated rings. The molecule has 0 saturated carbocycles. The molecule has 0 aliphatic rings. The zero-order valence-electron chi connectivity index (χ0n) is 14.8. The van der Waals surface area contributed by atoms with E-state index in [0.29, 0.717) is 13.1 Å². The second kappa shape index (κ2) is 8.10. The minimum absolute atomic E-state index is 0.509. The minimum atomic E-state index is -0.525. The first kappa shape index (κ1) is 17.4. The number of hydrogen-bond acceptors (Lipinski definition) is 4. The molecule has 1 heterocycles. The van der Waals surface area contributed by atoms with Crippen molar-refractivity contribution in [2.24, 2.45) is 0 Å². The number of nitrogens with one attached hydrogen (secondary N) is 1. The predicted molar refractivity (Wildman–Crippen MR) is 104 cm³/mol. The standard InChI is InChI=1S/C21H25N3O/c1-3-24(2)21-11-8-16(14-23-21)13-22-15-20(25)19-10-9-17-6-4-5-7-18(17)12-19/h4-12,14,20,22,25H,3,13,15H2,1-2H3/t20-/m1/s1. The Bertz CT molecular complexity index is 817. The number of aromatic nitrogens is 1. The molecule has 1 aromatic heterocycles. The Hall–Kier alpha value is -2.43. The van der Waals surface area contributed by atoms with Gasteiger partial charge < -0.3 is 15.3 Å². The number of pyridine rings is 1. The number of aliphatic hydroxyl groups is 1. The highest BCUT2D eigenvalue weighted by molar-refractivity contribution is 5.83. The van der Waals surface area contributed by atoms with Crippen LogP contribution < -0.4 is 10.2 Å². The second-order valence-corrected chi connectivity index (χ2v) is 6.29. The summed E-state index contributed by atoms with van der Waals surface area (Å²) < 4.78 is 0. The van der Waals surface area contributed by atoms with Gasteiger partial charge in [-0.1, -0.05) is 42.5 Å². The molecule has 0 spiro atoms. The van der Waals surface area contributed by atoms with Gasteiger partial charge in [0.2, 0.25) is 0 Å². The zero-order chi connectivity index (χ0) is 17.6. The Balaban J connectivity index is 1.55. The van der Waals surface area contributed by atoms with Gasteiger partial charge in [-0.2, -0.15) is 0 Å². The fourth-order valence-corrected chi connectivity index (χ4v) is 2.80. The van der Waals surface area contributed by atoms with E-state index in [2.05, 4.69) is 52.5 Å². The van der Waals surface area contributed by atoms with Gasteiger partial charge in [-0.15, -0.1) is 0 Å². The highest BCUT2D eigenvalue weighted by Crippen LogP contribution is 2.20. The molecule has 0 aliphatic carbocycles. The molecule has 4 nitrogen and oxygen atoms in total. The van der Waals surface area contributed by atoms with Gasteiger partial charge >= 0.3 is 0 Å². The smallest absolute Gasteiger partial charge is 0.128 e. The van der Waals surface area contributed by atoms with Gasteiger partial charge in [0.05, 0.1) is 6.10 Å². The highest BCUT2D eigenvalue weighted by Gasteiger charge is 2.08. The molecule has 130 valence electrons. The maximum Gasteiger partial charge on any atom is 0.128 e. The summed E-state index contributed by atoms with van der Waals surface area (Å²) in [5.41, 5.74) is 2.04. The predicted octanol–water partition coefficient (Wildman–Crippen LogP) is 3.51. The van der Waals surface area contributed by atoms with Gasteiger partial charge in [0.15, 0.2) is 0 Å². The fourth-order valence-electron chi connectivity index (χ4n) is 2.80. The summed E-state index contributed by atoms with van der Waals surface area (Å²) in [6, 6.07) is 18.4. The second-order valence-electron chi connectivity index (χ2n) is 6.29. The van der Waals surface area contributed by atoms with E-state index in [1.54, 1.807) is 0 Å². The van der Waals surface area contributed by atoms with E-state index in [4.69, 9.17) is 0 Å². The molecule has 0 amide bonds. The van der Waals surface area contributed by atoms with Crippen molar-refractivity contribution in [1.29, 1.82) is 0 Å². The molecular weight excluding hydrogens is 310 g/mol. The number of fused-ring (bicyclic) bond motifs is 1. The summed E-state index contributed by atoms with van der Waals surface area (Å²) in [6.07, 6.45) is 1.36. The Morgan fingerprint density at radius 3 is 2.60 bits per heavy atom. The van der Waals surface area contributed by atoms with E-state index < -0.39 is 6.10 Å². The van der Waals surface area contributed by atoms with Crippen LogP contribution in [0.15, 0.2) is 60.8 Å². The van der Waals surface area contributed by atoms with Gasteiger partial charge in [0.1, 0.15) is 5.82 Å². The van der Waals surface area contributed by atoms with E-state index in [9.17, 15) is 5.11 Å². The van der Waals surface area contributed by atoms with E-state index >= 15 is 0 Å². The van der Waals surface area contributed by atoms with Crippen molar-refractivity contribution in [2.45, 2.75) is 19.6 Å².